The van der Waals surface area contributed by atoms with Crippen LogP contribution < -0.4 is 11.1 Å². The van der Waals surface area contributed by atoms with Gasteiger partial charge in [0, 0.05) is 29.8 Å². The summed E-state index contributed by atoms with van der Waals surface area (Å²) in [7, 11) is 0. The fourth-order valence-electron chi connectivity index (χ4n) is 3.29. The summed E-state index contributed by atoms with van der Waals surface area (Å²) in [6.45, 7) is 12.0. The maximum Gasteiger partial charge on any atom is 0.325 e. The average molecular weight is 431 g/mol. The molecule has 1 aliphatic heterocycles. The Morgan fingerprint density at radius 3 is 2.48 bits per heavy atom. The molecule has 31 heavy (non-hydrogen) atoms. The number of nitrogens with one attached hydrogen (secondary N) is 1. The van der Waals surface area contributed by atoms with Crippen molar-refractivity contribution < 1.29 is 14.3 Å². The molecule has 7 heteroatoms. The van der Waals surface area contributed by atoms with E-state index < -0.39 is 17.6 Å². The van der Waals surface area contributed by atoms with E-state index in [9.17, 15) is 9.59 Å². The van der Waals surface area contributed by atoms with Crippen LogP contribution in [0, 0.1) is 5.41 Å². The van der Waals surface area contributed by atoms with Gasteiger partial charge in [-0.15, -0.1) is 0 Å². The van der Waals surface area contributed by atoms with E-state index in [0.29, 0.717) is 6.42 Å². The number of ether oxygens (including phenoxy) is 1. The molecular formula is C24H38N4O3. The molecule has 0 radical (unpaired) electrons. The molecule has 0 fully saturated rings. The topological polar surface area (TPSA) is 107 Å². The van der Waals surface area contributed by atoms with Crippen molar-refractivity contribution in [3.05, 3.63) is 23.4 Å². The van der Waals surface area contributed by atoms with Gasteiger partial charge in [-0.05, 0) is 64.5 Å². The number of carbonyl (C=O) groups is 2. The normalized spacial score (nSPS) is 15.0. The van der Waals surface area contributed by atoms with E-state index in [2.05, 4.69) is 38.2 Å². The van der Waals surface area contributed by atoms with Crippen LogP contribution in [0.2, 0.25) is 0 Å². The van der Waals surface area contributed by atoms with Crippen molar-refractivity contribution in [2.24, 2.45) is 16.1 Å². The number of pyridine rings is 1. The second-order valence-corrected chi connectivity index (χ2v) is 10.2. The molecule has 2 rings (SSSR count). The lowest BCUT2D eigenvalue weighted by atomic mass is 9.85. The minimum Gasteiger partial charge on any atom is -0.459 e. The summed E-state index contributed by atoms with van der Waals surface area (Å²) in [4.78, 5) is 33.4. The van der Waals surface area contributed by atoms with Gasteiger partial charge in [0.1, 0.15) is 11.6 Å². The number of hydrogen-bond acceptors (Lipinski definition) is 6. The van der Waals surface area contributed by atoms with Crippen LogP contribution in [0.3, 0.4) is 0 Å². The summed E-state index contributed by atoms with van der Waals surface area (Å²) in [5.41, 5.74) is 8.67. The van der Waals surface area contributed by atoms with E-state index in [-0.39, 0.29) is 17.9 Å². The van der Waals surface area contributed by atoms with Crippen LogP contribution in [0.1, 0.15) is 78.5 Å². The first-order valence-electron chi connectivity index (χ1n) is 11.2. The van der Waals surface area contributed by atoms with Crippen molar-refractivity contribution in [3.8, 4) is 0 Å². The summed E-state index contributed by atoms with van der Waals surface area (Å²) >= 11 is 0. The van der Waals surface area contributed by atoms with Gasteiger partial charge in [0.15, 0.2) is 5.82 Å². The van der Waals surface area contributed by atoms with Gasteiger partial charge in [0.05, 0.1) is 0 Å². The first-order chi connectivity index (χ1) is 14.3. The molecule has 1 atom stereocenters. The molecule has 0 aromatic carbocycles. The molecule has 0 spiro atoms. The lowest BCUT2D eigenvalue weighted by Gasteiger charge is -2.25. The number of amides is 1. The van der Waals surface area contributed by atoms with Gasteiger partial charge < -0.3 is 15.8 Å². The Morgan fingerprint density at radius 2 is 1.84 bits per heavy atom. The van der Waals surface area contributed by atoms with Crippen LogP contribution in [0.15, 0.2) is 17.1 Å². The number of aliphatic imine (C=N–C) groups is 1. The molecule has 3 N–H and O–H groups in total. The molecule has 0 saturated heterocycles. The highest BCUT2D eigenvalue weighted by Gasteiger charge is 2.24. The third-order valence-corrected chi connectivity index (χ3v) is 5.07. The third-order valence-electron chi connectivity index (χ3n) is 5.07. The summed E-state index contributed by atoms with van der Waals surface area (Å²) in [5.74, 6) is 0.225. The van der Waals surface area contributed by atoms with Crippen molar-refractivity contribution >= 4 is 23.4 Å². The predicted octanol–water partition coefficient (Wildman–Crippen LogP) is 3.64. The lowest BCUT2D eigenvalue weighted by molar-refractivity contribution is -0.156. The van der Waals surface area contributed by atoms with Crippen LogP contribution in [0.4, 0.5) is 5.82 Å². The molecule has 0 bridgehead atoms. The minimum atomic E-state index is -0.860. The molecule has 1 aromatic rings. The first-order valence-corrected chi connectivity index (χ1v) is 11.2. The van der Waals surface area contributed by atoms with Crippen LogP contribution in [-0.2, 0) is 27.2 Å². The zero-order valence-electron chi connectivity index (χ0n) is 19.9. The van der Waals surface area contributed by atoms with E-state index in [0.717, 1.165) is 43.6 Å². The van der Waals surface area contributed by atoms with E-state index in [1.807, 2.05) is 0 Å². The van der Waals surface area contributed by atoms with Crippen LogP contribution in [0.5, 0.6) is 0 Å². The highest BCUT2D eigenvalue weighted by molar-refractivity contribution is 5.92. The van der Waals surface area contributed by atoms with Crippen LogP contribution in [0.25, 0.3) is 0 Å². The molecule has 1 aromatic heterocycles. The number of esters is 1. The van der Waals surface area contributed by atoms with Gasteiger partial charge in [-0.2, -0.15) is 0 Å². The standard InChI is InChI=1S/C24H38N4O3/c1-23(2,3)19-14-12-16-11-13-17(27-21(16)28-19)9-7-8-10-20(29)26-15-18(25)22(30)31-24(4,5)6/h11,13,18H,7-10,12,14-15,25H2,1-6H3,(H,26,29)/t18-/m0/s1. The molecule has 1 aliphatic rings. The highest BCUT2D eigenvalue weighted by atomic mass is 16.6. The molecular weight excluding hydrogens is 392 g/mol. The van der Waals surface area contributed by atoms with Crippen LogP contribution in [-0.4, -0.2) is 40.8 Å². The van der Waals surface area contributed by atoms with Gasteiger partial charge in [0.2, 0.25) is 5.91 Å². The van der Waals surface area contributed by atoms with Crippen molar-refractivity contribution in [2.75, 3.05) is 6.54 Å². The van der Waals surface area contributed by atoms with Crippen molar-refractivity contribution in [2.45, 2.75) is 91.7 Å². The Balaban J connectivity index is 1.74. The zero-order chi connectivity index (χ0) is 23.2. The third kappa shape index (κ3) is 8.40. The van der Waals surface area contributed by atoms with Crippen molar-refractivity contribution in [1.82, 2.24) is 10.3 Å². The largest absolute Gasteiger partial charge is 0.459 e. The Morgan fingerprint density at radius 1 is 1.13 bits per heavy atom. The predicted molar refractivity (Wildman–Crippen MR) is 123 cm³/mol. The quantitative estimate of drug-likeness (QED) is 0.484. The molecule has 7 nitrogen and oxygen atoms in total. The van der Waals surface area contributed by atoms with Crippen molar-refractivity contribution in [1.29, 1.82) is 0 Å². The number of aromatic nitrogens is 1. The number of unbranched alkanes of at least 4 members (excludes halogenated alkanes) is 1. The van der Waals surface area contributed by atoms with Crippen molar-refractivity contribution in [3.63, 3.8) is 0 Å². The van der Waals surface area contributed by atoms with E-state index in [1.54, 1.807) is 20.8 Å². The molecule has 2 heterocycles. The van der Waals surface area contributed by atoms with Gasteiger partial charge in [-0.1, -0.05) is 26.8 Å². The fraction of sp³-hybridized carbons (Fsp3) is 0.667. The second-order valence-electron chi connectivity index (χ2n) is 10.2. The number of nitrogens with zero attached hydrogens (tertiary/aromatic N) is 2. The molecule has 0 saturated carbocycles. The molecule has 1 amide bonds. The first kappa shape index (κ1) is 25.0. The maximum absolute atomic E-state index is 12.0. The smallest absolute Gasteiger partial charge is 0.325 e. The SMILES string of the molecule is CC(C)(C)OC(=O)[C@@H](N)CNC(=O)CCCCc1ccc2c(n1)N=C(C(C)(C)C)CC2. The number of aryl methyl sites for hydroxylation is 2. The number of rotatable bonds is 8. The van der Waals surface area contributed by atoms with Gasteiger partial charge >= 0.3 is 5.97 Å². The minimum absolute atomic E-state index is 0.0642. The molecule has 0 aliphatic carbocycles. The average Bonchev–Trinajstić information content (AvgIpc) is 2.66. The second kappa shape index (κ2) is 10.4. The maximum atomic E-state index is 12.0. The summed E-state index contributed by atoms with van der Waals surface area (Å²) < 4.78 is 5.21. The van der Waals surface area contributed by atoms with Gasteiger partial charge in [-0.3, -0.25) is 9.59 Å². The fourth-order valence-corrected chi connectivity index (χ4v) is 3.29. The number of hydrogen-bond donors (Lipinski definition) is 2. The number of nitrogens with two attached hydrogens (primary N) is 1. The summed E-state index contributed by atoms with van der Waals surface area (Å²) in [5, 5.41) is 2.71. The number of carbonyl (C=O) groups excluding carboxylic acids is 2. The Labute approximate surface area is 186 Å². The Kier molecular flexibility index (Phi) is 8.34. The van der Waals surface area contributed by atoms with Gasteiger partial charge in [-0.25, -0.2) is 9.98 Å². The van der Waals surface area contributed by atoms with Crippen LogP contribution >= 0.6 is 0 Å². The lowest BCUT2D eigenvalue weighted by Crippen LogP contribution is -2.45. The summed E-state index contributed by atoms with van der Waals surface area (Å²) in [6.07, 6.45) is 4.77. The van der Waals surface area contributed by atoms with Gasteiger partial charge in [0.25, 0.3) is 0 Å². The zero-order valence-corrected chi connectivity index (χ0v) is 19.9. The monoisotopic (exact) mass is 430 g/mol. The van der Waals surface area contributed by atoms with E-state index in [4.69, 9.17) is 20.4 Å². The number of fused-ring (bicyclic) bond motifs is 1. The summed E-state index contributed by atoms with van der Waals surface area (Å²) in [6, 6.07) is 3.34. The highest BCUT2D eigenvalue weighted by Crippen LogP contribution is 2.30. The Bertz CT molecular complexity index is 819. The van der Waals surface area contributed by atoms with E-state index >= 15 is 0 Å². The molecule has 172 valence electrons. The Hall–Kier alpha value is -2.28. The van der Waals surface area contributed by atoms with E-state index in [1.165, 1.54) is 11.3 Å². The molecule has 0 unspecified atom stereocenters.